The van der Waals surface area contributed by atoms with Gasteiger partial charge in [-0.05, 0) is 28.1 Å². The predicted molar refractivity (Wildman–Crippen MR) is 78.3 cm³/mol. The molecule has 0 spiro atoms. The van der Waals surface area contributed by atoms with Crippen molar-refractivity contribution in [2.24, 2.45) is 0 Å². The summed E-state index contributed by atoms with van der Waals surface area (Å²) >= 11 is 3.30. The van der Waals surface area contributed by atoms with Gasteiger partial charge in [0.25, 0.3) is 0 Å². The van der Waals surface area contributed by atoms with Crippen molar-refractivity contribution in [3.63, 3.8) is 0 Å². The highest BCUT2D eigenvalue weighted by molar-refractivity contribution is 9.10. The fraction of sp³-hybridized carbons (Fsp3) is 0. The highest BCUT2D eigenvalue weighted by atomic mass is 79.9. The molecule has 0 saturated carbocycles. The molecule has 3 N–H and O–H groups in total. The third-order valence-electron chi connectivity index (χ3n) is 3.09. The van der Waals surface area contributed by atoms with Gasteiger partial charge in [-0.1, -0.05) is 18.2 Å². The Morgan fingerprint density at radius 1 is 1.30 bits per heavy atom. The number of aromatic amines is 1. The number of nitriles is 1. The number of rotatable bonds is 1. The van der Waals surface area contributed by atoms with Crippen LogP contribution in [-0.4, -0.2) is 10.2 Å². The molecule has 0 aliphatic heterocycles. The Kier molecular flexibility index (Phi) is 2.92. The van der Waals surface area contributed by atoms with Crippen LogP contribution in [-0.2, 0) is 0 Å². The van der Waals surface area contributed by atoms with Crippen molar-refractivity contribution in [2.75, 3.05) is 5.73 Å². The van der Waals surface area contributed by atoms with E-state index in [1.807, 2.05) is 0 Å². The lowest BCUT2D eigenvalue weighted by Gasteiger charge is -2.08. The van der Waals surface area contributed by atoms with Gasteiger partial charge < -0.3 is 5.73 Å². The van der Waals surface area contributed by atoms with E-state index in [0.29, 0.717) is 37.9 Å². The van der Waals surface area contributed by atoms with E-state index in [9.17, 15) is 9.65 Å². The molecular formula is C14H8BrFN4. The quantitative estimate of drug-likeness (QED) is 0.669. The van der Waals surface area contributed by atoms with Crippen molar-refractivity contribution in [3.8, 4) is 17.2 Å². The molecule has 0 aliphatic rings. The minimum Gasteiger partial charge on any atom is -0.397 e. The standard InChI is InChI=1S/C14H8BrFN4/c15-14-12-9(6-17)8(5-11(18)13(12)19-20-14)7-3-1-2-4-10(7)16/h1-5H,18H2,(H,19,20). The van der Waals surface area contributed by atoms with E-state index in [1.54, 1.807) is 24.3 Å². The van der Waals surface area contributed by atoms with Gasteiger partial charge in [-0.15, -0.1) is 0 Å². The van der Waals surface area contributed by atoms with Gasteiger partial charge in [-0.2, -0.15) is 10.4 Å². The number of halogens is 2. The minimum absolute atomic E-state index is 0.333. The average Bonchev–Trinajstić information content (AvgIpc) is 2.82. The lowest BCUT2D eigenvalue weighted by molar-refractivity contribution is 0.631. The molecule has 0 amide bonds. The minimum atomic E-state index is -0.401. The highest BCUT2D eigenvalue weighted by Crippen LogP contribution is 2.37. The fourth-order valence-electron chi connectivity index (χ4n) is 2.20. The zero-order valence-corrected chi connectivity index (χ0v) is 11.7. The Morgan fingerprint density at radius 3 is 2.75 bits per heavy atom. The van der Waals surface area contributed by atoms with E-state index in [2.05, 4.69) is 32.2 Å². The second-order valence-corrected chi connectivity index (χ2v) is 5.03. The van der Waals surface area contributed by atoms with Crippen molar-refractivity contribution >= 4 is 32.5 Å². The number of H-pyrrole nitrogens is 1. The monoisotopic (exact) mass is 330 g/mol. The maximum absolute atomic E-state index is 14.0. The predicted octanol–water partition coefficient (Wildman–Crippen LogP) is 3.59. The van der Waals surface area contributed by atoms with E-state index in [1.165, 1.54) is 6.07 Å². The number of benzene rings is 2. The third kappa shape index (κ3) is 1.75. The summed E-state index contributed by atoms with van der Waals surface area (Å²) in [6, 6.07) is 9.96. The number of nitrogen functional groups attached to an aromatic ring is 1. The molecule has 98 valence electrons. The topological polar surface area (TPSA) is 78.5 Å². The van der Waals surface area contributed by atoms with Gasteiger partial charge in [0, 0.05) is 11.1 Å². The molecule has 1 heterocycles. The van der Waals surface area contributed by atoms with Gasteiger partial charge in [0.1, 0.15) is 22.0 Å². The second kappa shape index (κ2) is 4.62. The van der Waals surface area contributed by atoms with E-state index in [4.69, 9.17) is 5.73 Å². The average molecular weight is 331 g/mol. The summed E-state index contributed by atoms with van der Waals surface area (Å²) in [5.74, 6) is -0.401. The van der Waals surface area contributed by atoms with Crippen molar-refractivity contribution in [2.45, 2.75) is 0 Å². The number of hydrogen-bond donors (Lipinski definition) is 2. The lowest BCUT2D eigenvalue weighted by Crippen LogP contribution is -1.94. The summed E-state index contributed by atoms with van der Waals surface area (Å²) in [5, 5.41) is 16.8. The van der Waals surface area contributed by atoms with Gasteiger partial charge in [0.05, 0.1) is 16.6 Å². The highest BCUT2D eigenvalue weighted by Gasteiger charge is 2.18. The van der Waals surface area contributed by atoms with Crippen LogP contribution in [0.1, 0.15) is 5.56 Å². The van der Waals surface area contributed by atoms with Crippen LogP contribution in [0.15, 0.2) is 34.9 Å². The summed E-state index contributed by atoms with van der Waals surface area (Å²) < 4.78 is 14.5. The molecular weight excluding hydrogens is 323 g/mol. The molecule has 6 heteroatoms. The van der Waals surface area contributed by atoms with Crippen LogP contribution in [0.5, 0.6) is 0 Å². The van der Waals surface area contributed by atoms with Crippen LogP contribution in [0.3, 0.4) is 0 Å². The van der Waals surface area contributed by atoms with Crippen LogP contribution < -0.4 is 5.73 Å². The molecule has 0 fully saturated rings. The molecule has 0 bridgehead atoms. The summed E-state index contributed by atoms with van der Waals surface area (Å²) in [6.07, 6.45) is 0. The summed E-state index contributed by atoms with van der Waals surface area (Å²) in [7, 11) is 0. The number of aromatic nitrogens is 2. The number of fused-ring (bicyclic) bond motifs is 1. The van der Waals surface area contributed by atoms with Gasteiger partial charge in [0.2, 0.25) is 0 Å². The number of anilines is 1. The molecule has 4 nitrogen and oxygen atoms in total. The van der Waals surface area contributed by atoms with Crippen LogP contribution >= 0.6 is 15.9 Å². The van der Waals surface area contributed by atoms with Crippen molar-refractivity contribution in [1.29, 1.82) is 5.26 Å². The lowest BCUT2D eigenvalue weighted by atomic mass is 9.96. The number of hydrogen-bond acceptors (Lipinski definition) is 3. The molecule has 2 aromatic carbocycles. The Morgan fingerprint density at radius 2 is 2.05 bits per heavy atom. The van der Waals surface area contributed by atoms with Gasteiger partial charge >= 0.3 is 0 Å². The maximum atomic E-state index is 14.0. The number of nitrogens with zero attached hydrogens (tertiary/aromatic N) is 2. The molecule has 0 radical (unpaired) electrons. The van der Waals surface area contributed by atoms with Crippen LogP contribution in [0.25, 0.3) is 22.0 Å². The second-order valence-electron chi connectivity index (χ2n) is 4.24. The number of nitrogens with two attached hydrogens (primary N) is 1. The number of nitrogens with one attached hydrogen (secondary N) is 1. The third-order valence-corrected chi connectivity index (χ3v) is 3.66. The maximum Gasteiger partial charge on any atom is 0.131 e. The van der Waals surface area contributed by atoms with Crippen LogP contribution in [0.4, 0.5) is 10.1 Å². The molecule has 0 saturated heterocycles. The Hall–Kier alpha value is -2.39. The van der Waals surface area contributed by atoms with E-state index >= 15 is 0 Å². The Balaban J connectivity index is 2.46. The van der Waals surface area contributed by atoms with Crippen molar-refractivity contribution in [1.82, 2.24) is 10.2 Å². The zero-order chi connectivity index (χ0) is 14.3. The molecule has 0 atom stereocenters. The molecule has 3 aromatic rings. The van der Waals surface area contributed by atoms with Crippen LogP contribution in [0.2, 0.25) is 0 Å². The van der Waals surface area contributed by atoms with Gasteiger partial charge in [0.15, 0.2) is 0 Å². The van der Waals surface area contributed by atoms with Gasteiger partial charge in [-0.3, -0.25) is 5.10 Å². The zero-order valence-electron chi connectivity index (χ0n) is 10.1. The summed E-state index contributed by atoms with van der Waals surface area (Å²) in [6.45, 7) is 0. The smallest absolute Gasteiger partial charge is 0.131 e. The van der Waals surface area contributed by atoms with E-state index < -0.39 is 5.82 Å². The summed E-state index contributed by atoms with van der Waals surface area (Å²) in [4.78, 5) is 0. The molecule has 3 rings (SSSR count). The largest absolute Gasteiger partial charge is 0.397 e. The van der Waals surface area contributed by atoms with Crippen molar-refractivity contribution < 1.29 is 4.39 Å². The summed E-state index contributed by atoms with van der Waals surface area (Å²) in [5.41, 5.74) is 7.96. The molecule has 1 aromatic heterocycles. The SMILES string of the molecule is N#Cc1c(-c2ccccc2F)cc(N)c2n[nH]c(Br)c12. The normalized spacial score (nSPS) is 10.7. The van der Waals surface area contributed by atoms with Crippen LogP contribution in [0, 0.1) is 17.1 Å². The van der Waals surface area contributed by atoms with Crippen molar-refractivity contribution in [3.05, 3.63) is 46.3 Å². The first-order chi connectivity index (χ1) is 9.63. The molecule has 0 aliphatic carbocycles. The van der Waals surface area contributed by atoms with E-state index in [0.717, 1.165) is 0 Å². The first-order valence-electron chi connectivity index (χ1n) is 5.74. The van der Waals surface area contributed by atoms with E-state index in [-0.39, 0.29) is 0 Å². The van der Waals surface area contributed by atoms with Gasteiger partial charge in [-0.25, -0.2) is 4.39 Å². The first-order valence-corrected chi connectivity index (χ1v) is 6.54. The Bertz CT molecular complexity index is 863. The first kappa shape index (κ1) is 12.6. The molecule has 20 heavy (non-hydrogen) atoms. The fourth-order valence-corrected chi connectivity index (χ4v) is 2.67. The Labute approximate surface area is 122 Å². The molecule has 0 unspecified atom stereocenters.